The number of rotatable bonds is 7. The van der Waals surface area contributed by atoms with Crippen LogP contribution in [0.2, 0.25) is 5.15 Å². The van der Waals surface area contributed by atoms with E-state index >= 15 is 0 Å². The van der Waals surface area contributed by atoms with Crippen molar-refractivity contribution in [3.05, 3.63) is 28.7 Å². The number of nitrogens with one attached hydrogen (secondary N) is 2. The van der Waals surface area contributed by atoms with Gasteiger partial charge < -0.3 is 20.1 Å². The van der Waals surface area contributed by atoms with Crippen LogP contribution in [0.3, 0.4) is 0 Å². The van der Waals surface area contributed by atoms with Crippen LogP contribution >= 0.6 is 11.6 Å². The molecule has 0 saturated heterocycles. The summed E-state index contributed by atoms with van der Waals surface area (Å²) in [5, 5.41) is 9.67. The maximum absolute atomic E-state index is 12.9. The number of imidazole rings is 1. The van der Waals surface area contributed by atoms with E-state index in [1.54, 1.807) is 33.0 Å². The van der Waals surface area contributed by atoms with Crippen molar-refractivity contribution in [2.75, 3.05) is 7.11 Å². The van der Waals surface area contributed by atoms with Gasteiger partial charge in [0.25, 0.3) is 0 Å². The number of hydrogen-bond donors (Lipinski definition) is 2. The number of carbonyl (C=O) groups is 2. The Balaban J connectivity index is 0.000000428. The molecule has 0 radical (unpaired) electrons. The number of ether oxygens (including phenoxy) is 2. The van der Waals surface area contributed by atoms with Crippen molar-refractivity contribution < 1.29 is 41.0 Å². The zero-order valence-electron chi connectivity index (χ0n) is 24.6. The van der Waals surface area contributed by atoms with Crippen molar-refractivity contribution in [2.24, 2.45) is 5.92 Å². The van der Waals surface area contributed by atoms with E-state index in [9.17, 15) is 31.5 Å². The molecular weight excluding hydrogens is 589 g/mol. The molecule has 42 heavy (non-hydrogen) atoms. The SMILES string of the molecule is C1CC1.CC(C)(C)OC(=O)NCc1cn2nc(Cl)c(CNC(=O)CC3CC(F)(F)C3)cc2n1.COC(C)(C)C(F)(F)F. The minimum absolute atomic E-state index is 0.0622. The van der Waals surface area contributed by atoms with Crippen LogP contribution in [0.1, 0.15) is 84.4 Å². The first kappa shape index (κ1) is 35.5. The molecule has 2 amide bonds. The molecule has 2 heterocycles. The summed E-state index contributed by atoms with van der Waals surface area (Å²) in [6, 6.07) is 1.67. The second kappa shape index (κ2) is 14.2. The van der Waals surface area contributed by atoms with Gasteiger partial charge in [-0.25, -0.2) is 23.1 Å². The first-order valence-corrected chi connectivity index (χ1v) is 13.9. The van der Waals surface area contributed by atoms with Gasteiger partial charge in [0.1, 0.15) is 5.60 Å². The highest BCUT2D eigenvalue weighted by atomic mass is 35.5. The Hall–Kier alpha value is -2.74. The molecule has 2 aliphatic carbocycles. The number of methoxy groups -OCH3 is 1. The summed E-state index contributed by atoms with van der Waals surface area (Å²) in [6.07, 6.45) is 0.857. The second-order valence-corrected chi connectivity index (χ2v) is 12.1. The van der Waals surface area contributed by atoms with Gasteiger partial charge >= 0.3 is 12.3 Å². The number of carbonyl (C=O) groups excluding carboxylic acids is 2. The molecule has 0 spiro atoms. The van der Waals surface area contributed by atoms with Gasteiger partial charge in [0, 0.05) is 38.5 Å². The van der Waals surface area contributed by atoms with Crippen LogP contribution in [0.15, 0.2) is 12.3 Å². The Labute approximate surface area is 246 Å². The molecule has 2 fully saturated rings. The van der Waals surface area contributed by atoms with Crippen LogP contribution < -0.4 is 10.6 Å². The van der Waals surface area contributed by atoms with Crippen molar-refractivity contribution in [1.29, 1.82) is 0 Å². The Morgan fingerprint density at radius 1 is 1.07 bits per heavy atom. The smallest absolute Gasteiger partial charge is 0.416 e. The van der Waals surface area contributed by atoms with Gasteiger partial charge in [-0.3, -0.25) is 4.79 Å². The first-order valence-electron chi connectivity index (χ1n) is 13.5. The van der Waals surface area contributed by atoms with Crippen LogP contribution in [0, 0.1) is 5.92 Å². The lowest BCUT2D eigenvalue weighted by molar-refractivity contribution is -0.255. The quantitative estimate of drug-likeness (QED) is 0.335. The maximum atomic E-state index is 12.9. The van der Waals surface area contributed by atoms with Crippen molar-refractivity contribution in [1.82, 2.24) is 25.2 Å². The Kier molecular flexibility index (Phi) is 11.9. The molecule has 2 aliphatic rings. The molecule has 2 aromatic rings. The van der Waals surface area contributed by atoms with Gasteiger partial charge in [-0.1, -0.05) is 30.9 Å². The number of alkyl carbamates (subject to hydrolysis) is 1. The number of alkyl halides is 5. The van der Waals surface area contributed by atoms with E-state index in [0.29, 0.717) is 16.9 Å². The molecule has 9 nitrogen and oxygen atoms in total. The fourth-order valence-electron chi connectivity index (χ4n) is 3.25. The molecule has 0 aromatic carbocycles. The van der Waals surface area contributed by atoms with Gasteiger partial charge in [-0.05, 0) is 46.6 Å². The van der Waals surface area contributed by atoms with Crippen molar-refractivity contribution in [3.8, 4) is 0 Å². The van der Waals surface area contributed by atoms with E-state index in [0.717, 1.165) is 21.0 Å². The maximum Gasteiger partial charge on any atom is 0.416 e. The Bertz CT molecular complexity index is 1200. The summed E-state index contributed by atoms with van der Waals surface area (Å²) in [7, 11) is 1.04. The topological polar surface area (TPSA) is 107 Å². The summed E-state index contributed by atoms with van der Waals surface area (Å²) in [4.78, 5) is 28.1. The van der Waals surface area contributed by atoms with Crippen LogP contribution in [-0.2, 0) is 27.4 Å². The van der Waals surface area contributed by atoms with Gasteiger partial charge in [-0.15, -0.1) is 0 Å². The highest BCUT2D eigenvalue weighted by molar-refractivity contribution is 6.30. The third-order valence-electron chi connectivity index (χ3n) is 6.01. The summed E-state index contributed by atoms with van der Waals surface area (Å²) >= 11 is 6.18. The van der Waals surface area contributed by atoms with Crippen LogP contribution in [0.4, 0.5) is 26.7 Å². The van der Waals surface area contributed by atoms with Crippen LogP contribution in [-0.4, -0.2) is 57.0 Å². The third kappa shape index (κ3) is 12.2. The summed E-state index contributed by atoms with van der Waals surface area (Å²) in [6.45, 7) is 7.53. The minimum Gasteiger partial charge on any atom is -0.444 e. The van der Waals surface area contributed by atoms with Gasteiger partial charge in [-0.2, -0.15) is 18.3 Å². The molecule has 4 rings (SSSR count). The highest BCUT2D eigenvalue weighted by Crippen LogP contribution is 2.43. The van der Waals surface area contributed by atoms with E-state index < -0.39 is 29.4 Å². The predicted molar refractivity (Wildman–Crippen MR) is 146 cm³/mol. The van der Waals surface area contributed by atoms with E-state index in [4.69, 9.17) is 16.3 Å². The molecule has 0 bridgehead atoms. The molecular formula is C27H39ClF5N5O4. The first-order chi connectivity index (χ1) is 19.2. The summed E-state index contributed by atoms with van der Waals surface area (Å²) < 4.78 is 71.7. The standard InChI is InChI=1S/C19H24ClF2N5O3.C5H9F3O.C3H6/c1-18(2,3)30-17(29)24-9-13-10-27-14(25-13)5-12(16(20)26-27)8-23-15(28)4-11-6-19(21,22)7-11;1-4(2,9-3)5(6,7)8;1-2-3-1/h5,10-11H,4,6-9H2,1-3H3,(H,23,28)(H,24,29);1-3H3;1-3H2. The van der Waals surface area contributed by atoms with E-state index in [1.165, 1.54) is 23.8 Å². The fraction of sp³-hybridized carbons (Fsp3) is 0.704. The monoisotopic (exact) mass is 627 g/mol. The zero-order valence-corrected chi connectivity index (χ0v) is 25.4. The number of nitrogens with zero attached hydrogens (tertiary/aromatic N) is 3. The largest absolute Gasteiger partial charge is 0.444 e. The molecule has 2 saturated carbocycles. The molecule has 2 aromatic heterocycles. The molecule has 0 unspecified atom stereocenters. The Morgan fingerprint density at radius 3 is 2.12 bits per heavy atom. The molecule has 2 N–H and O–H groups in total. The molecule has 15 heteroatoms. The summed E-state index contributed by atoms with van der Waals surface area (Å²) in [5.74, 6) is -3.24. The second-order valence-electron chi connectivity index (χ2n) is 11.7. The van der Waals surface area contributed by atoms with Crippen molar-refractivity contribution >= 4 is 29.2 Å². The minimum atomic E-state index is -4.28. The highest BCUT2D eigenvalue weighted by Gasteiger charge is 2.47. The average molecular weight is 628 g/mol. The lowest BCUT2D eigenvalue weighted by atomic mass is 9.79. The summed E-state index contributed by atoms with van der Waals surface area (Å²) in [5.41, 5.74) is -1.03. The van der Waals surface area contributed by atoms with Crippen molar-refractivity contribution in [3.63, 3.8) is 0 Å². The lowest BCUT2D eigenvalue weighted by Gasteiger charge is -2.34. The fourth-order valence-corrected chi connectivity index (χ4v) is 3.45. The third-order valence-corrected chi connectivity index (χ3v) is 6.33. The van der Waals surface area contributed by atoms with E-state index in [2.05, 4.69) is 25.5 Å². The molecule has 0 aliphatic heterocycles. The van der Waals surface area contributed by atoms with Crippen LogP contribution in [0.5, 0.6) is 0 Å². The molecule has 238 valence electrons. The number of amides is 2. The molecule has 0 atom stereocenters. The van der Waals surface area contributed by atoms with E-state index in [-0.39, 0.29) is 49.3 Å². The average Bonchev–Trinajstić information content (AvgIpc) is 3.66. The Morgan fingerprint density at radius 2 is 1.67 bits per heavy atom. The predicted octanol–water partition coefficient (Wildman–Crippen LogP) is 6.60. The number of halogens is 6. The van der Waals surface area contributed by atoms with Crippen LogP contribution in [0.25, 0.3) is 5.65 Å². The van der Waals surface area contributed by atoms with Gasteiger partial charge in [0.15, 0.2) is 16.4 Å². The van der Waals surface area contributed by atoms with E-state index in [1.807, 2.05) is 0 Å². The lowest BCUT2D eigenvalue weighted by Crippen LogP contribution is -2.40. The number of hydrogen-bond acceptors (Lipinski definition) is 6. The number of aromatic nitrogens is 3. The van der Waals surface area contributed by atoms with Gasteiger partial charge in [0.05, 0.1) is 18.4 Å². The number of fused-ring (bicyclic) bond motifs is 1. The normalized spacial score (nSPS) is 16.3. The van der Waals surface area contributed by atoms with Crippen molar-refractivity contribution in [2.45, 2.75) is 110 Å². The van der Waals surface area contributed by atoms with Gasteiger partial charge in [0.2, 0.25) is 11.8 Å². The zero-order chi connectivity index (χ0) is 31.9.